The molecule has 2 heterocycles. The van der Waals surface area contributed by atoms with Crippen molar-refractivity contribution in [3.63, 3.8) is 0 Å². The molecular weight excluding hydrogens is 246 g/mol. The van der Waals surface area contributed by atoms with Crippen LogP contribution in [-0.4, -0.2) is 35.7 Å². The summed E-state index contributed by atoms with van der Waals surface area (Å²) in [6, 6.07) is 0.508. The fourth-order valence-electron chi connectivity index (χ4n) is 2.31. The molecule has 0 radical (unpaired) electrons. The van der Waals surface area contributed by atoms with E-state index in [9.17, 15) is 4.79 Å². The molecular formula is C12H21N5O2. The molecule has 3 N–H and O–H groups in total. The van der Waals surface area contributed by atoms with Gasteiger partial charge in [-0.2, -0.15) is 0 Å². The Morgan fingerprint density at radius 3 is 3.11 bits per heavy atom. The number of carbonyl (C=O) groups is 1. The van der Waals surface area contributed by atoms with Crippen molar-refractivity contribution in [2.75, 3.05) is 24.5 Å². The van der Waals surface area contributed by atoms with E-state index >= 15 is 0 Å². The molecule has 1 aromatic heterocycles. The van der Waals surface area contributed by atoms with Crippen LogP contribution in [0.2, 0.25) is 0 Å². The van der Waals surface area contributed by atoms with Crippen LogP contribution in [-0.2, 0) is 4.79 Å². The molecule has 1 aliphatic rings. The minimum absolute atomic E-state index is 0.0305. The number of aromatic nitrogens is 2. The number of hydrogen-bond donors (Lipinski definition) is 2. The Morgan fingerprint density at radius 2 is 2.42 bits per heavy atom. The Hall–Kier alpha value is -1.63. The average Bonchev–Trinajstić information content (AvgIpc) is 2.89. The molecule has 1 amide bonds. The highest BCUT2D eigenvalue weighted by atomic mass is 16.4. The predicted octanol–water partition coefficient (Wildman–Crippen LogP) is 0.442. The van der Waals surface area contributed by atoms with E-state index in [1.54, 1.807) is 0 Å². The number of rotatable bonds is 5. The van der Waals surface area contributed by atoms with Crippen LogP contribution in [0.15, 0.2) is 4.42 Å². The lowest BCUT2D eigenvalue weighted by atomic mass is 9.98. The summed E-state index contributed by atoms with van der Waals surface area (Å²) in [5, 5.41) is 11.3. The first kappa shape index (κ1) is 13.8. The normalized spacial score (nSPS) is 21.4. The van der Waals surface area contributed by atoms with Gasteiger partial charge < -0.3 is 20.4 Å². The second-order valence-corrected chi connectivity index (χ2v) is 4.89. The number of anilines is 1. The second kappa shape index (κ2) is 6.01. The first-order valence-electron chi connectivity index (χ1n) is 6.72. The van der Waals surface area contributed by atoms with E-state index in [-0.39, 0.29) is 17.9 Å². The summed E-state index contributed by atoms with van der Waals surface area (Å²) in [6.07, 6.45) is 1.74. The van der Waals surface area contributed by atoms with E-state index in [1.165, 1.54) is 0 Å². The molecule has 2 rings (SSSR count). The van der Waals surface area contributed by atoms with Crippen molar-refractivity contribution in [2.24, 2.45) is 11.7 Å². The van der Waals surface area contributed by atoms with Gasteiger partial charge in [-0.25, -0.2) is 0 Å². The summed E-state index contributed by atoms with van der Waals surface area (Å²) in [6.45, 7) is 6.22. The monoisotopic (exact) mass is 267 g/mol. The minimum atomic E-state index is -0.259. The molecule has 2 atom stereocenters. The Balaban J connectivity index is 2.03. The first-order valence-corrected chi connectivity index (χ1v) is 6.72. The SMILES string of the molecule is CCNC(C)c1nnc(N2CCCC(C(N)=O)C2)o1. The van der Waals surface area contributed by atoms with Gasteiger partial charge in [-0.15, -0.1) is 5.10 Å². The average molecular weight is 267 g/mol. The summed E-state index contributed by atoms with van der Waals surface area (Å²) in [5.74, 6) is 0.179. The van der Waals surface area contributed by atoms with E-state index in [2.05, 4.69) is 15.5 Å². The topological polar surface area (TPSA) is 97.3 Å². The molecule has 2 unspecified atom stereocenters. The van der Waals surface area contributed by atoms with Gasteiger partial charge in [0.2, 0.25) is 11.8 Å². The van der Waals surface area contributed by atoms with Gasteiger partial charge in [-0.1, -0.05) is 12.0 Å². The Kier molecular flexibility index (Phi) is 4.36. The highest BCUT2D eigenvalue weighted by Gasteiger charge is 2.27. The number of nitrogens with one attached hydrogen (secondary N) is 1. The Labute approximate surface area is 112 Å². The van der Waals surface area contributed by atoms with Crippen LogP contribution in [0.5, 0.6) is 0 Å². The number of nitrogens with two attached hydrogens (primary N) is 1. The van der Waals surface area contributed by atoms with Crippen molar-refractivity contribution in [3.05, 3.63) is 5.89 Å². The van der Waals surface area contributed by atoms with Gasteiger partial charge in [-0.05, 0) is 26.3 Å². The van der Waals surface area contributed by atoms with Gasteiger partial charge >= 0.3 is 6.01 Å². The molecule has 0 aliphatic carbocycles. The molecule has 0 aromatic carbocycles. The van der Waals surface area contributed by atoms with Crippen LogP contribution in [0.4, 0.5) is 6.01 Å². The van der Waals surface area contributed by atoms with Gasteiger partial charge in [0, 0.05) is 13.1 Å². The van der Waals surface area contributed by atoms with Gasteiger partial charge in [0.1, 0.15) is 0 Å². The highest BCUT2D eigenvalue weighted by Crippen LogP contribution is 2.23. The van der Waals surface area contributed by atoms with Crippen molar-refractivity contribution < 1.29 is 9.21 Å². The lowest BCUT2D eigenvalue weighted by Crippen LogP contribution is -2.41. The number of nitrogens with zero attached hydrogens (tertiary/aromatic N) is 3. The van der Waals surface area contributed by atoms with E-state index in [4.69, 9.17) is 10.2 Å². The molecule has 7 nitrogen and oxygen atoms in total. The third-order valence-corrected chi connectivity index (χ3v) is 3.40. The van der Waals surface area contributed by atoms with E-state index < -0.39 is 0 Å². The van der Waals surface area contributed by atoms with E-state index in [1.807, 2.05) is 18.7 Å². The molecule has 1 fully saturated rings. The number of carbonyl (C=O) groups excluding carboxylic acids is 1. The van der Waals surface area contributed by atoms with Gasteiger partial charge in [0.05, 0.1) is 12.0 Å². The molecule has 0 saturated carbocycles. The summed E-state index contributed by atoms with van der Waals surface area (Å²) in [4.78, 5) is 13.2. The number of piperidine rings is 1. The standard InChI is InChI=1S/C12H21N5O2/c1-3-14-8(2)11-15-16-12(19-11)17-6-4-5-9(7-17)10(13)18/h8-9,14H,3-7H2,1-2H3,(H2,13,18). The van der Waals surface area contributed by atoms with Crippen LogP contribution < -0.4 is 16.0 Å². The smallest absolute Gasteiger partial charge is 0.318 e. The van der Waals surface area contributed by atoms with Crippen molar-refractivity contribution in [1.29, 1.82) is 0 Å². The maximum absolute atomic E-state index is 11.2. The maximum atomic E-state index is 11.2. The third kappa shape index (κ3) is 3.23. The number of hydrogen-bond acceptors (Lipinski definition) is 6. The lowest BCUT2D eigenvalue weighted by molar-refractivity contribution is -0.122. The third-order valence-electron chi connectivity index (χ3n) is 3.40. The molecule has 19 heavy (non-hydrogen) atoms. The van der Waals surface area contributed by atoms with E-state index in [0.717, 1.165) is 25.9 Å². The lowest BCUT2D eigenvalue weighted by Gasteiger charge is -2.29. The molecule has 1 aliphatic heterocycles. The van der Waals surface area contributed by atoms with Crippen molar-refractivity contribution in [2.45, 2.75) is 32.7 Å². The number of primary amides is 1. The predicted molar refractivity (Wildman–Crippen MR) is 70.5 cm³/mol. The van der Waals surface area contributed by atoms with E-state index in [0.29, 0.717) is 18.5 Å². The van der Waals surface area contributed by atoms with Crippen LogP contribution in [0.1, 0.15) is 38.6 Å². The molecule has 0 spiro atoms. The molecule has 0 bridgehead atoms. The van der Waals surface area contributed by atoms with Crippen molar-refractivity contribution in [3.8, 4) is 0 Å². The quantitative estimate of drug-likeness (QED) is 0.803. The molecule has 106 valence electrons. The van der Waals surface area contributed by atoms with Crippen LogP contribution in [0.25, 0.3) is 0 Å². The first-order chi connectivity index (χ1) is 9.11. The summed E-state index contributed by atoms with van der Waals surface area (Å²) < 4.78 is 5.65. The van der Waals surface area contributed by atoms with Crippen LogP contribution >= 0.6 is 0 Å². The van der Waals surface area contributed by atoms with Crippen LogP contribution in [0.3, 0.4) is 0 Å². The zero-order chi connectivity index (χ0) is 13.8. The van der Waals surface area contributed by atoms with Gasteiger partial charge in [0.15, 0.2) is 0 Å². The summed E-state index contributed by atoms with van der Waals surface area (Å²) in [5.41, 5.74) is 5.36. The summed E-state index contributed by atoms with van der Waals surface area (Å²) >= 11 is 0. The number of amides is 1. The fraction of sp³-hybridized carbons (Fsp3) is 0.750. The second-order valence-electron chi connectivity index (χ2n) is 4.89. The zero-order valence-corrected chi connectivity index (χ0v) is 11.4. The molecule has 1 aromatic rings. The van der Waals surface area contributed by atoms with Gasteiger partial charge in [0.25, 0.3) is 0 Å². The minimum Gasteiger partial charge on any atom is -0.406 e. The highest BCUT2D eigenvalue weighted by molar-refractivity contribution is 5.77. The molecule has 1 saturated heterocycles. The molecule has 7 heteroatoms. The van der Waals surface area contributed by atoms with Gasteiger partial charge in [-0.3, -0.25) is 4.79 Å². The van der Waals surface area contributed by atoms with Crippen LogP contribution in [0, 0.1) is 5.92 Å². The maximum Gasteiger partial charge on any atom is 0.318 e. The van der Waals surface area contributed by atoms with Crippen molar-refractivity contribution >= 4 is 11.9 Å². The Morgan fingerprint density at radius 1 is 1.63 bits per heavy atom. The largest absolute Gasteiger partial charge is 0.406 e. The zero-order valence-electron chi connectivity index (χ0n) is 11.4. The van der Waals surface area contributed by atoms with Crippen molar-refractivity contribution in [1.82, 2.24) is 15.5 Å². The summed E-state index contributed by atoms with van der Waals surface area (Å²) in [7, 11) is 0. The Bertz CT molecular complexity index is 434. The fourth-order valence-corrected chi connectivity index (χ4v) is 2.31.